The van der Waals surface area contributed by atoms with Crippen LogP contribution >= 0.6 is 0 Å². The molecule has 2 nitrogen and oxygen atoms in total. The van der Waals surface area contributed by atoms with Crippen LogP contribution in [0, 0.1) is 0 Å². The van der Waals surface area contributed by atoms with Crippen molar-refractivity contribution in [2.75, 3.05) is 5.73 Å². The zero-order valence-electron chi connectivity index (χ0n) is 16.7. The first-order chi connectivity index (χ1) is 12.7. The smallest absolute Gasteiger partial charge is 0.142 e. The Hall–Kier alpha value is -2.74. The van der Waals surface area contributed by atoms with Gasteiger partial charge in [0.05, 0.1) is 5.69 Å². The fraction of sp³-hybridized carbons (Fsp3) is 0.280. The molecule has 0 aliphatic heterocycles. The predicted octanol–water partition coefficient (Wildman–Crippen LogP) is 6.02. The fourth-order valence-electron chi connectivity index (χ4n) is 3.71. The van der Waals surface area contributed by atoms with Gasteiger partial charge in [-0.3, -0.25) is 0 Å². The van der Waals surface area contributed by atoms with E-state index in [0.29, 0.717) is 5.69 Å². The summed E-state index contributed by atoms with van der Waals surface area (Å²) < 4.78 is 0. The number of aromatic hydroxyl groups is 1. The molecule has 0 bridgehead atoms. The summed E-state index contributed by atoms with van der Waals surface area (Å²) in [4.78, 5) is 0. The third-order valence-electron chi connectivity index (χ3n) is 5.75. The van der Waals surface area contributed by atoms with E-state index in [4.69, 9.17) is 5.73 Å². The SMILES string of the molecule is CC(C)(C1=CCC=CC=C1)c1cc(C(C)(C)c2ccccc2)cc(N)c1O. The molecule has 0 saturated carbocycles. The van der Waals surface area contributed by atoms with E-state index in [1.807, 2.05) is 12.1 Å². The Morgan fingerprint density at radius 2 is 1.59 bits per heavy atom. The summed E-state index contributed by atoms with van der Waals surface area (Å²) in [7, 11) is 0. The van der Waals surface area contributed by atoms with E-state index < -0.39 is 0 Å². The molecule has 27 heavy (non-hydrogen) atoms. The van der Waals surface area contributed by atoms with Crippen molar-refractivity contribution < 1.29 is 5.11 Å². The number of allylic oxidation sites excluding steroid dienone is 6. The number of hydrogen-bond acceptors (Lipinski definition) is 2. The maximum Gasteiger partial charge on any atom is 0.142 e. The lowest BCUT2D eigenvalue weighted by molar-refractivity contribution is 0.454. The van der Waals surface area contributed by atoms with E-state index in [-0.39, 0.29) is 16.6 Å². The van der Waals surface area contributed by atoms with Gasteiger partial charge in [0, 0.05) is 16.4 Å². The Kier molecular flexibility index (Phi) is 5.01. The van der Waals surface area contributed by atoms with Gasteiger partial charge < -0.3 is 10.8 Å². The highest BCUT2D eigenvalue weighted by atomic mass is 16.3. The molecule has 0 spiro atoms. The topological polar surface area (TPSA) is 46.2 Å². The average Bonchev–Trinajstić information content (AvgIpc) is 2.94. The molecule has 1 aliphatic rings. The summed E-state index contributed by atoms with van der Waals surface area (Å²) in [5.74, 6) is 0.180. The summed E-state index contributed by atoms with van der Waals surface area (Å²) in [6, 6.07) is 14.4. The van der Waals surface area contributed by atoms with E-state index in [1.54, 1.807) is 0 Å². The second-order valence-corrected chi connectivity index (χ2v) is 8.26. The highest BCUT2D eigenvalue weighted by Gasteiger charge is 2.32. The van der Waals surface area contributed by atoms with Gasteiger partial charge in [0.2, 0.25) is 0 Å². The van der Waals surface area contributed by atoms with Gasteiger partial charge in [-0.1, -0.05) is 94.5 Å². The molecule has 1 aliphatic carbocycles. The minimum atomic E-state index is -0.358. The second-order valence-electron chi connectivity index (χ2n) is 8.26. The number of nitrogen functional groups attached to an aromatic ring is 1. The number of phenolic OH excluding ortho intramolecular Hbond substituents is 1. The normalized spacial score (nSPS) is 14.7. The van der Waals surface area contributed by atoms with Crippen molar-refractivity contribution in [3.8, 4) is 5.75 Å². The van der Waals surface area contributed by atoms with Crippen LogP contribution in [0.4, 0.5) is 5.69 Å². The lowest BCUT2D eigenvalue weighted by Gasteiger charge is -2.32. The van der Waals surface area contributed by atoms with Gasteiger partial charge in [-0.05, 0) is 29.2 Å². The number of hydrogen-bond donors (Lipinski definition) is 2. The van der Waals surface area contributed by atoms with Gasteiger partial charge in [0.1, 0.15) is 5.75 Å². The minimum absolute atomic E-state index is 0.180. The molecule has 0 amide bonds. The Morgan fingerprint density at radius 3 is 2.30 bits per heavy atom. The van der Waals surface area contributed by atoms with Crippen LogP contribution in [0.2, 0.25) is 0 Å². The van der Waals surface area contributed by atoms with Crippen LogP contribution in [0.3, 0.4) is 0 Å². The first kappa shape index (κ1) is 19.0. The second kappa shape index (κ2) is 7.11. The Morgan fingerprint density at radius 1 is 0.889 bits per heavy atom. The van der Waals surface area contributed by atoms with Gasteiger partial charge in [0.15, 0.2) is 0 Å². The molecule has 3 rings (SSSR count). The van der Waals surface area contributed by atoms with Crippen molar-refractivity contribution in [2.24, 2.45) is 0 Å². The van der Waals surface area contributed by atoms with E-state index in [9.17, 15) is 5.11 Å². The summed E-state index contributed by atoms with van der Waals surface area (Å²) in [5, 5.41) is 10.8. The first-order valence-electron chi connectivity index (χ1n) is 9.47. The van der Waals surface area contributed by atoms with Crippen molar-refractivity contribution in [2.45, 2.75) is 44.9 Å². The van der Waals surface area contributed by atoms with Crippen LogP contribution in [0.25, 0.3) is 0 Å². The van der Waals surface area contributed by atoms with Crippen LogP contribution < -0.4 is 5.73 Å². The maximum atomic E-state index is 10.8. The van der Waals surface area contributed by atoms with Gasteiger partial charge in [-0.25, -0.2) is 0 Å². The third-order valence-corrected chi connectivity index (χ3v) is 5.75. The molecule has 0 aromatic heterocycles. The van der Waals surface area contributed by atoms with Crippen molar-refractivity contribution in [3.63, 3.8) is 0 Å². The number of phenols is 1. The minimum Gasteiger partial charge on any atom is -0.505 e. The van der Waals surface area contributed by atoms with E-state index in [2.05, 4.69) is 88.4 Å². The molecule has 0 saturated heterocycles. The Labute approximate surface area is 162 Å². The molecule has 2 heteroatoms. The molecule has 3 N–H and O–H groups in total. The highest BCUT2D eigenvalue weighted by Crippen LogP contribution is 2.44. The van der Waals surface area contributed by atoms with Crippen LogP contribution in [0.5, 0.6) is 5.75 Å². The predicted molar refractivity (Wildman–Crippen MR) is 115 cm³/mol. The summed E-state index contributed by atoms with van der Waals surface area (Å²) in [5.41, 5.74) is 10.5. The van der Waals surface area contributed by atoms with Crippen LogP contribution in [0.15, 0.2) is 78.4 Å². The van der Waals surface area contributed by atoms with Crippen molar-refractivity contribution in [1.29, 1.82) is 0 Å². The molecule has 2 aromatic rings. The molecule has 2 aromatic carbocycles. The summed E-state index contributed by atoms with van der Waals surface area (Å²) >= 11 is 0. The van der Waals surface area contributed by atoms with E-state index in [0.717, 1.165) is 17.5 Å². The molecular formula is C25H29NO. The summed E-state index contributed by atoms with van der Waals surface area (Å²) in [6.45, 7) is 8.67. The van der Waals surface area contributed by atoms with Crippen LogP contribution in [-0.2, 0) is 10.8 Å². The number of benzene rings is 2. The summed E-state index contributed by atoms with van der Waals surface area (Å²) in [6.07, 6.45) is 11.5. The Bertz CT molecular complexity index is 915. The highest BCUT2D eigenvalue weighted by molar-refractivity contribution is 5.64. The third kappa shape index (κ3) is 3.57. The standard InChI is InChI=1S/C25H29NO/c1-24(2,18-12-10-7-11-13-18)20-16-21(23(27)22(26)17-20)25(3,4)19-14-8-5-6-9-15-19/h5-8,10-17,27H,9,26H2,1-4H3. The van der Waals surface area contributed by atoms with Gasteiger partial charge in [0.25, 0.3) is 0 Å². The molecule has 0 radical (unpaired) electrons. The van der Waals surface area contributed by atoms with Crippen LogP contribution in [0.1, 0.15) is 50.8 Å². The quantitative estimate of drug-likeness (QED) is 0.518. The number of nitrogens with two attached hydrogens (primary N) is 1. The fourth-order valence-corrected chi connectivity index (χ4v) is 3.71. The van der Waals surface area contributed by atoms with E-state index >= 15 is 0 Å². The first-order valence-corrected chi connectivity index (χ1v) is 9.47. The van der Waals surface area contributed by atoms with Crippen molar-refractivity contribution in [1.82, 2.24) is 0 Å². The largest absolute Gasteiger partial charge is 0.505 e. The van der Waals surface area contributed by atoms with Crippen LogP contribution in [-0.4, -0.2) is 5.11 Å². The average molecular weight is 360 g/mol. The zero-order chi connectivity index (χ0) is 19.7. The van der Waals surface area contributed by atoms with Gasteiger partial charge >= 0.3 is 0 Å². The number of rotatable bonds is 4. The van der Waals surface area contributed by atoms with Crippen molar-refractivity contribution >= 4 is 5.69 Å². The molecule has 140 valence electrons. The molecule has 0 atom stereocenters. The molecule has 0 unspecified atom stereocenters. The lowest BCUT2D eigenvalue weighted by atomic mass is 9.72. The zero-order valence-corrected chi connectivity index (χ0v) is 16.7. The molecular weight excluding hydrogens is 330 g/mol. The maximum absolute atomic E-state index is 10.8. The molecule has 0 fully saturated rings. The van der Waals surface area contributed by atoms with E-state index in [1.165, 1.54) is 11.1 Å². The molecule has 0 heterocycles. The van der Waals surface area contributed by atoms with Crippen molar-refractivity contribution in [3.05, 3.63) is 95.1 Å². The number of anilines is 1. The Balaban J connectivity index is 2.14. The van der Waals surface area contributed by atoms with Gasteiger partial charge in [-0.15, -0.1) is 0 Å². The van der Waals surface area contributed by atoms with Gasteiger partial charge in [-0.2, -0.15) is 0 Å². The monoisotopic (exact) mass is 359 g/mol. The lowest BCUT2D eigenvalue weighted by Crippen LogP contribution is -2.24.